The quantitative estimate of drug-likeness (QED) is 0.780. The van der Waals surface area contributed by atoms with E-state index in [9.17, 15) is 9.90 Å². The van der Waals surface area contributed by atoms with Crippen LogP contribution in [0.2, 0.25) is 5.02 Å². The van der Waals surface area contributed by atoms with Gasteiger partial charge in [0.05, 0.1) is 0 Å². The predicted molar refractivity (Wildman–Crippen MR) is 50.1 cm³/mol. The third kappa shape index (κ3) is 2.21. The first-order valence-electron chi connectivity index (χ1n) is 4.12. The van der Waals surface area contributed by atoms with E-state index < -0.39 is 5.56 Å². The Labute approximate surface area is 80.6 Å². The summed E-state index contributed by atoms with van der Waals surface area (Å²) in [6.45, 7) is 2.03. The molecule has 0 aromatic carbocycles. The second-order valence-electron chi connectivity index (χ2n) is 2.77. The smallest absolute Gasteiger partial charge is 0.286 e. The van der Waals surface area contributed by atoms with Crippen LogP contribution in [0.4, 0.5) is 0 Å². The first-order valence-corrected chi connectivity index (χ1v) is 4.50. The number of hydrogen-bond donors (Lipinski definition) is 2. The van der Waals surface area contributed by atoms with Crippen molar-refractivity contribution in [1.82, 2.24) is 10.2 Å². The summed E-state index contributed by atoms with van der Waals surface area (Å²) >= 11 is 5.53. The zero-order chi connectivity index (χ0) is 9.84. The lowest BCUT2D eigenvalue weighted by molar-refractivity contribution is 0.458. The lowest BCUT2D eigenvalue weighted by Crippen LogP contribution is -2.10. The van der Waals surface area contributed by atoms with Crippen LogP contribution in [0.5, 0.6) is 5.75 Å². The molecular weight excluding hydrogens is 192 g/mol. The molecule has 2 N–H and O–H groups in total. The lowest BCUT2D eigenvalue weighted by Gasteiger charge is -2.02. The molecule has 0 fully saturated rings. The fourth-order valence-electron chi connectivity index (χ4n) is 0.973. The van der Waals surface area contributed by atoms with Crippen molar-refractivity contribution in [1.29, 1.82) is 0 Å². The van der Waals surface area contributed by atoms with Gasteiger partial charge in [0.15, 0.2) is 10.8 Å². The summed E-state index contributed by atoms with van der Waals surface area (Å²) in [5.41, 5.74) is -0.106. The molecule has 0 saturated heterocycles. The van der Waals surface area contributed by atoms with E-state index in [0.717, 1.165) is 12.8 Å². The molecule has 0 amide bonds. The molecule has 1 aromatic heterocycles. The lowest BCUT2D eigenvalue weighted by atomic mass is 10.2. The molecule has 0 aliphatic rings. The van der Waals surface area contributed by atoms with E-state index in [4.69, 9.17) is 11.6 Å². The van der Waals surface area contributed by atoms with E-state index in [1.807, 2.05) is 6.92 Å². The molecule has 0 radical (unpaired) electrons. The van der Waals surface area contributed by atoms with Crippen molar-refractivity contribution in [2.75, 3.05) is 0 Å². The van der Waals surface area contributed by atoms with Gasteiger partial charge >= 0.3 is 0 Å². The van der Waals surface area contributed by atoms with E-state index in [-0.39, 0.29) is 10.8 Å². The number of aromatic amines is 1. The molecule has 1 rings (SSSR count). The minimum Gasteiger partial charge on any atom is -0.504 e. The summed E-state index contributed by atoms with van der Waals surface area (Å²) in [7, 11) is 0. The van der Waals surface area contributed by atoms with Gasteiger partial charge in [-0.3, -0.25) is 4.79 Å². The summed E-state index contributed by atoms with van der Waals surface area (Å²) in [5.74, 6) is -0.195. The molecule has 0 saturated carbocycles. The number of rotatable bonds is 3. The van der Waals surface area contributed by atoms with Gasteiger partial charge in [0.2, 0.25) is 0 Å². The third-order valence-corrected chi connectivity index (χ3v) is 2.09. The Morgan fingerprint density at radius 2 is 2.31 bits per heavy atom. The van der Waals surface area contributed by atoms with Crippen molar-refractivity contribution >= 4 is 11.6 Å². The second kappa shape index (κ2) is 4.28. The van der Waals surface area contributed by atoms with Gasteiger partial charge in [0, 0.05) is 0 Å². The Bertz CT molecular complexity index is 348. The maximum Gasteiger partial charge on any atom is 0.286 e. The van der Waals surface area contributed by atoms with E-state index in [1.54, 1.807) is 0 Å². The standard InChI is InChI=1S/C8H11ClN2O2/c1-2-3-4-5-7(12)6(9)8(13)11-10-5/h2-4H2,1H3,(H2,11,12,13). The number of aryl methyl sites for hydroxylation is 1. The normalized spacial score (nSPS) is 10.3. The van der Waals surface area contributed by atoms with Crippen molar-refractivity contribution in [3.63, 3.8) is 0 Å². The Hall–Kier alpha value is -1.03. The summed E-state index contributed by atoms with van der Waals surface area (Å²) in [6, 6.07) is 0. The predicted octanol–water partition coefficient (Wildman–Crippen LogP) is 1.47. The van der Waals surface area contributed by atoms with Crippen LogP contribution < -0.4 is 5.56 Å². The van der Waals surface area contributed by atoms with Gasteiger partial charge in [-0.05, 0) is 12.8 Å². The molecule has 1 aromatic rings. The second-order valence-corrected chi connectivity index (χ2v) is 3.14. The van der Waals surface area contributed by atoms with E-state index in [2.05, 4.69) is 10.2 Å². The van der Waals surface area contributed by atoms with Crippen LogP contribution in [0.15, 0.2) is 4.79 Å². The number of nitrogens with zero attached hydrogens (tertiary/aromatic N) is 1. The molecule has 0 unspecified atom stereocenters. The van der Waals surface area contributed by atoms with Crippen LogP contribution >= 0.6 is 11.6 Å². The fourth-order valence-corrected chi connectivity index (χ4v) is 1.12. The van der Waals surface area contributed by atoms with Crippen molar-refractivity contribution < 1.29 is 5.11 Å². The van der Waals surface area contributed by atoms with Gasteiger partial charge < -0.3 is 5.11 Å². The highest BCUT2D eigenvalue weighted by atomic mass is 35.5. The molecule has 0 atom stereocenters. The summed E-state index contributed by atoms with van der Waals surface area (Å²) in [6.07, 6.45) is 2.53. The van der Waals surface area contributed by atoms with Gasteiger partial charge in [-0.15, -0.1) is 0 Å². The van der Waals surface area contributed by atoms with E-state index in [1.165, 1.54) is 0 Å². The minimum atomic E-state index is -0.556. The zero-order valence-electron chi connectivity index (χ0n) is 7.30. The molecule has 4 nitrogen and oxygen atoms in total. The largest absolute Gasteiger partial charge is 0.504 e. The van der Waals surface area contributed by atoms with Crippen LogP contribution in [0, 0.1) is 0 Å². The molecule has 5 heteroatoms. The maximum absolute atomic E-state index is 10.9. The summed E-state index contributed by atoms with van der Waals surface area (Å²) in [4.78, 5) is 10.9. The number of aromatic nitrogens is 2. The molecule has 72 valence electrons. The van der Waals surface area contributed by atoms with Gasteiger partial charge in [0.25, 0.3) is 5.56 Å². The van der Waals surface area contributed by atoms with Gasteiger partial charge in [-0.1, -0.05) is 24.9 Å². The highest BCUT2D eigenvalue weighted by Gasteiger charge is 2.09. The maximum atomic E-state index is 10.9. The van der Waals surface area contributed by atoms with Gasteiger partial charge in [0.1, 0.15) is 5.69 Å². The molecule has 13 heavy (non-hydrogen) atoms. The van der Waals surface area contributed by atoms with E-state index in [0.29, 0.717) is 12.1 Å². The third-order valence-electron chi connectivity index (χ3n) is 1.74. The summed E-state index contributed by atoms with van der Waals surface area (Å²) < 4.78 is 0. The average Bonchev–Trinajstić information content (AvgIpc) is 2.13. The van der Waals surface area contributed by atoms with Crippen molar-refractivity contribution in [3.05, 3.63) is 21.1 Å². The van der Waals surface area contributed by atoms with Gasteiger partial charge in [-0.25, -0.2) is 5.10 Å². The molecular formula is C8H11ClN2O2. The number of unbranched alkanes of at least 4 members (excludes halogenated alkanes) is 1. The summed E-state index contributed by atoms with van der Waals surface area (Å²) in [5, 5.41) is 15.1. The number of halogens is 1. The first kappa shape index (κ1) is 10.1. The Kier molecular flexibility index (Phi) is 3.31. The highest BCUT2D eigenvalue weighted by Crippen LogP contribution is 2.22. The van der Waals surface area contributed by atoms with Crippen LogP contribution in [0.3, 0.4) is 0 Å². The molecule has 1 heterocycles. The Balaban J connectivity index is 2.97. The first-order chi connectivity index (χ1) is 6.16. The van der Waals surface area contributed by atoms with Crippen molar-refractivity contribution in [3.8, 4) is 5.75 Å². The van der Waals surface area contributed by atoms with Crippen molar-refractivity contribution in [2.45, 2.75) is 26.2 Å². The van der Waals surface area contributed by atoms with Crippen LogP contribution in [0.1, 0.15) is 25.5 Å². The number of hydrogen-bond acceptors (Lipinski definition) is 3. The topological polar surface area (TPSA) is 66.0 Å². The molecule has 0 aliphatic carbocycles. The number of nitrogens with one attached hydrogen (secondary N) is 1. The fraction of sp³-hybridized carbons (Fsp3) is 0.500. The number of H-pyrrole nitrogens is 1. The number of aromatic hydroxyl groups is 1. The van der Waals surface area contributed by atoms with Gasteiger partial charge in [-0.2, -0.15) is 5.10 Å². The average molecular weight is 203 g/mol. The molecule has 0 aliphatic heterocycles. The Morgan fingerprint density at radius 1 is 1.62 bits per heavy atom. The van der Waals surface area contributed by atoms with E-state index >= 15 is 0 Å². The highest BCUT2D eigenvalue weighted by molar-refractivity contribution is 6.31. The zero-order valence-corrected chi connectivity index (χ0v) is 8.06. The van der Waals surface area contributed by atoms with Crippen LogP contribution in [-0.2, 0) is 6.42 Å². The van der Waals surface area contributed by atoms with Crippen LogP contribution in [0.25, 0.3) is 0 Å². The monoisotopic (exact) mass is 202 g/mol. The SMILES string of the molecule is CCCCc1n[nH]c(=O)c(Cl)c1O. The molecule has 0 spiro atoms. The minimum absolute atomic E-state index is 0.180. The van der Waals surface area contributed by atoms with Crippen LogP contribution in [-0.4, -0.2) is 15.3 Å². The van der Waals surface area contributed by atoms with Crippen molar-refractivity contribution in [2.24, 2.45) is 0 Å². The molecule has 0 bridgehead atoms. The Morgan fingerprint density at radius 3 is 2.92 bits per heavy atom.